The molecule has 2 N–H and O–H groups in total. The lowest BCUT2D eigenvalue weighted by molar-refractivity contribution is -0.177. The van der Waals surface area contributed by atoms with Gasteiger partial charge in [0.2, 0.25) is 0 Å². The van der Waals surface area contributed by atoms with E-state index >= 15 is 0 Å². The van der Waals surface area contributed by atoms with E-state index in [1.165, 1.54) is 7.11 Å². The van der Waals surface area contributed by atoms with Gasteiger partial charge in [0.15, 0.2) is 11.6 Å². The molecule has 6 fully saturated rings. The number of ketones is 2. The molecule has 0 amide bonds. The van der Waals surface area contributed by atoms with Gasteiger partial charge < -0.3 is 19.3 Å². The lowest BCUT2D eigenvalue weighted by atomic mass is 9.61. The molecular weight excluding hydrogens is 447 g/mol. The van der Waals surface area contributed by atoms with Gasteiger partial charge in [0.05, 0.1) is 19.4 Å². The van der Waals surface area contributed by atoms with E-state index in [9.17, 15) is 23.9 Å². The maximum atomic E-state index is 13.9. The van der Waals surface area contributed by atoms with E-state index in [0.29, 0.717) is 6.54 Å². The monoisotopic (exact) mass is 486 g/mol. The number of Topliss-reactive ketones (excluding diaryl/α,β-unsaturated/α-hetero) is 2. The molecule has 6 heterocycles. The summed E-state index contributed by atoms with van der Waals surface area (Å²) in [6.45, 7) is 5.82. The Labute approximate surface area is 196 Å². The highest BCUT2D eigenvalue weighted by atomic mass is 31.2. The minimum absolute atomic E-state index is 0.0104. The summed E-state index contributed by atoms with van der Waals surface area (Å²) >= 11 is 0. The summed E-state index contributed by atoms with van der Waals surface area (Å²) in [5.74, 6) is -0.853. The number of hydrogen-bond acceptors (Lipinski definition) is 7. The van der Waals surface area contributed by atoms with Gasteiger partial charge in [0.25, 0.3) is 0 Å². The minimum Gasteiger partial charge on any atom is -0.382 e. The van der Waals surface area contributed by atoms with Gasteiger partial charge in [-0.2, -0.15) is 0 Å². The van der Waals surface area contributed by atoms with Crippen molar-refractivity contribution < 1.29 is 33.4 Å². The van der Waals surface area contributed by atoms with Crippen molar-refractivity contribution in [3.8, 4) is 0 Å². The van der Waals surface area contributed by atoms with Crippen LogP contribution in [-0.2, 0) is 23.6 Å². The maximum absolute atomic E-state index is 13.9. The standard InChI is InChI=1S/C23H39N2O7P/c1-15-9-17-5-7-24(15)22(13-31-3,20(17)26)11-19(12-33(28,29)30)23(14-32-4)21(27)18-6-8-25(23)16(2)10-18/h15-19H,5-14H2,1-4H3,(H2,28,29,30)/t15?,16-,17?,18?,19?,22?,23-/m1/s1. The van der Waals surface area contributed by atoms with Gasteiger partial charge in [0.1, 0.15) is 11.1 Å². The lowest BCUT2D eigenvalue weighted by Gasteiger charge is -2.61. The number of methoxy groups -OCH3 is 2. The summed E-state index contributed by atoms with van der Waals surface area (Å²) in [5, 5.41) is 0. The van der Waals surface area contributed by atoms with E-state index in [0.717, 1.165) is 32.2 Å². The predicted molar refractivity (Wildman–Crippen MR) is 122 cm³/mol. The Morgan fingerprint density at radius 2 is 1.52 bits per heavy atom. The Morgan fingerprint density at radius 3 is 2.03 bits per heavy atom. The van der Waals surface area contributed by atoms with Crippen molar-refractivity contribution in [3.63, 3.8) is 0 Å². The van der Waals surface area contributed by atoms with Crippen molar-refractivity contribution in [2.45, 2.75) is 69.1 Å². The first-order valence-corrected chi connectivity index (χ1v) is 13.9. The van der Waals surface area contributed by atoms with Gasteiger partial charge in [0, 0.05) is 57.1 Å². The van der Waals surface area contributed by atoms with Crippen molar-refractivity contribution in [2.24, 2.45) is 17.8 Å². The van der Waals surface area contributed by atoms with Crippen LogP contribution in [0.25, 0.3) is 0 Å². The van der Waals surface area contributed by atoms with E-state index < -0.39 is 30.8 Å². The zero-order valence-electron chi connectivity index (χ0n) is 20.2. The highest BCUT2D eigenvalue weighted by Crippen LogP contribution is 2.53. The SMILES string of the molecule is COCC1(CC(CP(=O)(O)O)[C@]2(COC)C(=O)C3CCN2[C@H](C)C3)C(=O)C2CCN1C(C)C2. The molecule has 6 rings (SSSR count). The number of fused-ring (bicyclic) bond motifs is 6. The van der Waals surface area contributed by atoms with E-state index in [2.05, 4.69) is 23.6 Å². The number of carbonyl (C=O) groups excluding carboxylic acids is 2. The number of rotatable bonds is 9. The molecule has 10 heteroatoms. The maximum Gasteiger partial charge on any atom is 0.325 e. The minimum atomic E-state index is -4.50. The lowest BCUT2D eigenvalue weighted by Crippen LogP contribution is -2.76. The van der Waals surface area contributed by atoms with Crippen molar-refractivity contribution in [1.82, 2.24) is 9.80 Å². The van der Waals surface area contributed by atoms with Gasteiger partial charge in [-0.05, 0) is 46.0 Å². The number of nitrogens with zero attached hydrogens (tertiary/aromatic N) is 2. The van der Waals surface area contributed by atoms with Gasteiger partial charge in [-0.1, -0.05) is 0 Å². The molecule has 0 aromatic carbocycles. The fraction of sp³-hybridized carbons (Fsp3) is 0.913. The molecule has 0 radical (unpaired) electrons. The molecule has 4 bridgehead atoms. The molecule has 9 atom stereocenters. The van der Waals surface area contributed by atoms with Crippen LogP contribution in [0.15, 0.2) is 0 Å². The number of carbonyl (C=O) groups is 2. The molecule has 188 valence electrons. The molecule has 9 nitrogen and oxygen atoms in total. The fourth-order valence-corrected chi connectivity index (χ4v) is 8.75. The highest BCUT2D eigenvalue weighted by molar-refractivity contribution is 7.51. The molecular formula is C23H39N2O7P. The molecule has 6 aliphatic rings. The number of ether oxygens (including phenoxy) is 2. The average Bonchev–Trinajstić information content (AvgIpc) is 2.73. The Balaban J connectivity index is 1.82. The first-order valence-electron chi connectivity index (χ1n) is 12.1. The summed E-state index contributed by atoms with van der Waals surface area (Å²) < 4.78 is 23.6. The van der Waals surface area contributed by atoms with Crippen LogP contribution in [0.4, 0.5) is 0 Å². The van der Waals surface area contributed by atoms with Crippen molar-refractivity contribution >= 4 is 19.2 Å². The first-order chi connectivity index (χ1) is 15.5. The van der Waals surface area contributed by atoms with Crippen LogP contribution in [0.1, 0.15) is 46.0 Å². The molecule has 0 aliphatic carbocycles. The molecule has 6 saturated heterocycles. The van der Waals surface area contributed by atoms with Gasteiger partial charge in [-0.3, -0.25) is 24.0 Å². The Hall–Kier alpha value is -0.670. The second kappa shape index (κ2) is 9.08. The van der Waals surface area contributed by atoms with E-state index in [4.69, 9.17) is 9.47 Å². The average molecular weight is 487 g/mol. The van der Waals surface area contributed by atoms with Crippen LogP contribution >= 0.6 is 7.60 Å². The van der Waals surface area contributed by atoms with E-state index in [-0.39, 0.29) is 55.1 Å². The van der Waals surface area contributed by atoms with E-state index in [1.807, 2.05) is 0 Å². The molecule has 6 aliphatic heterocycles. The molecule has 7 unspecified atom stereocenters. The largest absolute Gasteiger partial charge is 0.382 e. The van der Waals surface area contributed by atoms with Crippen LogP contribution in [-0.4, -0.2) is 101 Å². The van der Waals surface area contributed by atoms with Crippen LogP contribution in [0.5, 0.6) is 0 Å². The highest BCUT2D eigenvalue weighted by Gasteiger charge is 2.64. The summed E-state index contributed by atoms with van der Waals surface area (Å²) in [4.78, 5) is 52.2. The molecule has 0 saturated carbocycles. The van der Waals surface area contributed by atoms with Gasteiger partial charge in [-0.15, -0.1) is 0 Å². The summed E-state index contributed by atoms with van der Waals surface area (Å²) in [5.41, 5.74) is -2.14. The summed E-state index contributed by atoms with van der Waals surface area (Å²) in [6, 6.07) is 0.274. The summed E-state index contributed by atoms with van der Waals surface area (Å²) in [7, 11) is -1.41. The van der Waals surface area contributed by atoms with Crippen LogP contribution in [0.2, 0.25) is 0 Å². The van der Waals surface area contributed by atoms with Crippen molar-refractivity contribution in [3.05, 3.63) is 0 Å². The summed E-state index contributed by atoms with van der Waals surface area (Å²) in [6.07, 6.45) is 2.82. The second-order valence-electron chi connectivity index (χ2n) is 10.8. The Morgan fingerprint density at radius 1 is 0.970 bits per heavy atom. The van der Waals surface area contributed by atoms with Crippen LogP contribution in [0, 0.1) is 17.8 Å². The molecule has 0 aromatic rings. The predicted octanol–water partition coefficient (Wildman–Crippen LogP) is 1.31. The third-order valence-corrected chi connectivity index (χ3v) is 9.82. The van der Waals surface area contributed by atoms with E-state index in [1.54, 1.807) is 7.11 Å². The smallest absolute Gasteiger partial charge is 0.325 e. The normalized spacial score (nSPS) is 43.8. The Bertz CT molecular complexity index is 834. The Kier molecular flexibility index (Phi) is 7.00. The van der Waals surface area contributed by atoms with Crippen LogP contribution in [0.3, 0.4) is 0 Å². The molecule has 0 aromatic heterocycles. The third-order valence-electron chi connectivity index (χ3n) is 8.91. The topological polar surface area (TPSA) is 117 Å². The number of hydrogen-bond donors (Lipinski definition) is 2. The number of piperidine rings is 6. The van der Waals surface area contributed by atoms with Crippen LogP contribution < -0.4 is 0 Å². The van der Waals surface area contributed by atoms with Crippen molar-refractivity contribution in [1.29, 1.82) is 0 Å². The molecule has 33 heavy (non-hydrogen) atoms. The third kappa shape index (κ3) is 4.07. The second-order valence-corrected chi connectivity index (χ2v) is 12.5. The quantitative estimate of drug-likeness (QED) is 0.465. The fourth-order valence-electron chi connectivity index (χ4n) is 7.74. The first kappa shape index (κ1) is 25.4. The van der Waals surface area contributed by atoms with Gasteiger partial charge >= 0.3 is 7.60 Å². The zero-order chi connectivity index (χ0) is 24.2. The zero-order valence-corrected chi connectivity index (χ0v) is 21.1. The molecule has 0 spiro atoms. The van der Waals surface area contributed by atoms with Gasteiger partial charge in [-0.25, -0.2) is 0 Å². The van der Waals surface area contributed by atoms with Crippen molar-refractivity contribution in [2.75, 3.05) is 46.7 Å².